The molecule has 2 saturated heterocycles. The SMILES string of the molecule is C[C@@H]1CN(Cc2ccc(F)cc2)[C@@H](C)CN1C(=O)COc1ccc(Cl)cc1CN1CCN(C(=O)OC(C)(C)C)CC1. The molecule has 4 rings (SSSR count). The number of nitrogens with zero attached hydrogens (tertiary/aromatic N) is 4. The standard InChI is InChI=1S/C31H42ClFN4O4/c1-22-18-37(23(2)17-36(22)19-24-6-9-27(33)10-7-24)29(38)21-40-28-11-8-26(32)16-25(28)20-34-12-14-35(15-13-34)30(39)41-31(3,4)5/h6-11,16,22-23H,12-15,17-21H2,1-5H3/t22-,23+/m0/s1. The molecule has 0 aliphatic carbocycles. The summed E-state index contributed by atoms with van der Waals surface area (Å²) in [5.41, 5.74) is 1.43. The average Bonchev–Trinajstić information content (AvgIpc) is 2.90. The fourth-order valence-electron chi connectivity index (χ4n) is 5.28. The Morgan fingerprint density at radius 3 is 2.29 bits per heavy atom. The van der Waals surface area contributed by atoms with Crippen LogP contribution in [0.4, 0.5) is 9.18 Å². The first-order chi connectivity index (χ1) is 19.4. The molecule has 0 radical (unpaired) electrons. The third-order valence-corrected chi connectivity index (χ3v) is 7.76. The van der Waals surface area contributed by atoms with E-state index in [0.717, 1.165) is 17.7 Å². The van der Waals surface area contributed by atoms with Crippen LogP contribution in [0, 0.1) is 5.82 Å². The van der Waals surface area contributed by atoms with Gasteiger partial charge in [0.1, 0.15) is 17.2 Å². The predicted molar refractivity (Wildman–Crippen MR) is 157 cm³/mol. The number of hydrogen-bond donors (Lipinski definition) is 0. The lowest BCUT2D eigenvalue weighted by Crippen LogP contribution is -2.58. The van der Waals surface area contributed by atoms with Gasteiger partial charge in [-0.2, -0.15) is 0 Å². The second-order valence-electron chi connectivity index (χ2n) is 12.1. The van der Waals surface area contributed by atoms with Gasteiger partial charge in [-0.15, -0.1) is 0 Å². The minimum atomic E-state index is -0.522. The van der Waals surface area contributed by atoms with Crippen molar-refractivity contribution in [1.29, 1.82) is 0 Å². The lowest BCUT2D eigenvalue weighted by Gasteiger charge is -2.44. The van der Waals surface area contributed by atoms with Crippen LogP contribution in [0.2, 0.25) is 5.02 Å². The molecule has 2 aliphatic rings. The van der Waals surface area contributed by atoms with E-state index in [4.69, 9.17) is 21.1 Å². The van der Waals surface area contributed by atoms with Crippen LogP contribution < -0.4 is 4.74 Å². The summed E-state index contributed by atoms with van der Waals surface area (Å²) in [6.07, 6.45) is -0.290. The highest BCUT2D eigenvalue weighted by molar-refractivity contribution is 6.30. The van der Waals surface area contributed by atoms with E-state index in [1.807, 2.05) is 56.9 Å². The van der Waals surface area contributed by atoms with Gasteiger partial charge in [-0.05, 0) is 70.5 Å². The minimum Gasteiger partial charge on any atom is -0.483 e. The Morgan fingerprint density at radius 1 is 0.951 bits per heavy atom. The summed E-state index contributed by atoms with van der Waals surface area (Å²) in [5.74, 6) is 0.334. The van der Waals surface area contributed by atoms with Gasteiger partial charge in [0.2, 0.25) is 0 Å². The molecule has 2 aromatic carbocycles. The maximum atomic E-state index is 13.3. The molecule has 0 bridgehead atoms. The molecule has 10 heteroatoms. The molecule has 0 spiro atoms. The van der Waals surface area contributed by atoms with Crippen LogP contribution in [0.3, 0.4) is 0 Å². The monoisotopic (exact) mass is 588 g/mol. The Labute approximate surface area is 247 Å². The van der Waals surface area contributed by atoms with Gasteiger partial charge in [0.05, 0.1) is 0 Å². The number of carbonyl (C=O) groups excluding carboxylic acids is 2. The molecule has 8 nitrogen and oxygen atoms in total. The van der Waals surface area contributed by atoms with Crippen LogP contribution >= 0.6 is 11.6 Å². The third-order valence-electron chi connectivity index (χ3n) is 7.53. The van der Waals surface area contributed by atoms with E-state index in [2.05, 4.69) is 16.7 Å². The van der Waals surface area contributed by atoms with Gasteiger partial charge in [-0.3, -0.25) is 14.6 Å². The second-order valence-corrected chi connectivity index (χ2v) is 12.5. The number of piperazine rings is 2. The van der Waals surface area contributed by atoms with Crippen LogP contribution in [0.15, 0.2) is 42.5 Å². The predicted octanol–water partition coefficient (Wildman–Crippen LogP) is 5.03. The number of rotatable bonds is 7. The van der Waals surface area contributed by atoms with Gasteiger partial charge < -0.3 is 19.3 Å². The fourth-order valence-corrected chi connectivity index (χ4v) is 5.48. The van der Waals surface area contributed by atoms with Gasteiger partial charge in [-0.25, -0.2) is 9.18 Å². The molecule has 2 fully saturated rings. The Bertz CT molecular complexity index is 1200. The second kappa shape index (κ2) is 13.4. The molecule has 2 atom stereocenters. The molecule has 2 amide bonds. The van der Waals surface area contributed by atoms with E-state index in [9.17, 15) is 14.0 Å². The zero-order valence-electron chi connectivity index (χ0n) is 24.7. The Kier molecular flexibility index (Phi) is 10.2. The molecule has 2 aliphatic heterocycles. The summed E-state index contributed by atoms with van der Waals surface area (Å²) in [4.78, 5) is 33.8. The largest absolute Gasteiger partial charge is 0.483 e. The molecule has 2 aromatic rings. The number of carbonyl (C=O) groups is 2. The Morgan fingerprint density at radius 2 is 1.63 bits per heavy atom. The van der Waals surface area contributed by atoms with Crippen molar-refractivity contribution in [3.63, 3.8) is 0 Å². The normalized spacial score (nSPS) is 20.7. The van der Waals surface area contributed by atoms with Gasteiger partial charge in [0.15, 0.2) is 6.61 Å². The van der Waals surface area contributed by atoms with Crippen molar-refractivity contribution in [2.75, 3.05) is 45.9 Å². The summed E-state index contributed by atoms with van der Waals surface area (Å²) in [6, 6.07) is 12.2. The summed E-state index contributed by atoms with van der Waals surface area (Å²) >= 11 is 6.32. The molecule has 224 valence electrons. The highest BCUT2D eigenvalue weighted by Gasteiger charge is 2.32. The lowest BCUT2D eigenvalue weighted by molar-refractivity contribution is -0.139. The van der Waals surface area contributed by atoms with Gasteiger partial charge >= 0.3 is 6.09 Å². The number of halogens is 2. The van der Waals surface area contributed by atoms with E-state index in [-0.39, 0.29) is 36.5 Å². The summed E-state index contributed by atoms with van der Waals surface area (Å²) in [7, 11) is 0. The number of ether oxygens (including phenoxy) is 2. The first-order valence-corrected chi connectivity index (χ1v) is 14.6. The molecule has 41 heavy (non-hydrogen) atoms. The highest BCUT2D eigenvalue weighted by Crippen LogP contribution is 2.26. The molecule has 0 unspecified atom stereocenters. The zero-order chi connectivity index (χ0) is 29.7. The van der Waals surface area contributed by atoms with E-state index in [1.165, 1.54) is 12.1 Å². The quantitative estimate of drug-likeness (QED) is 0.452. The van der Waals surface area contributed by atoms with Crippen LogP contribution in [0.5, 0.6) is 5.75 Å². The first kappa shape index (κ1) is 31.1. The number of benzene rings is 2. The first-order valence-electron chi connectivity index (χ1n) is 14.3. The lowest BCUT2D eigenvalue weighted by atomic mass is 10.1. The van der Waals surface area contributed by atoms with Crippen molar-refractivity contribution in [2.45, 2.75) is 65.4 Å². The van der Waals surface area contributed by atoms with Crippen LogP contribution in [-0.4, -0.2) is 95.2 Å². The number of amides is 2. The van der Waals surface area contributed by atoms with Crippen LogP contribution in [0.25, 0.3) is 0 Å². The Balaban J connectivity index is 1.30. The maximum absolute atomic E-state index is 13.3. The minimum absolute atomic E-state index is 0.0219. The number of hydrogen-bond acceptors (Lipinski definition) is 6. The molecule has 0 N–H and O–H groups in total. The third kappa shape index (κ3) is 8.80. The Hall–Kier alpha value is -2.88. The van der Waals surface area contributed by atoms with E-state index in [1.54, 1.807) is 11.0 Å². The zero-order valence-corrected chi connectivity index (χ0v) is 25.5. The van der Waals surface area contributed by atoms with Crippen LogP contribution in [-0.2, 0) is 22.6 Å². The van der Waals surface area contributed by atoms with Crippen molar-refractivity contribution >= 4 is 23.6 Å². The van der Waals surface area contributed by atoms with E-state index >= 15 is 0 Å². The highest BCUT2D eigenvalue weighted by atomic mass is 35.5. The molecule has 0 saturated carbocycles. The summed E-state index contributed by atoms with van der Waals surface area (Å²) in [6.45, 7) is 14.9. The summed E-state index contributed by atoms with van der Waals surface area (Å²) in [5, 5.41) is 0.603. The molecule has 2 heterocycles. The van der Waals surface area contributed by atoms with Crippen molar-refractivity contribution < 1.29 is 23.5 Å². The van der Waals surface area contributed by atoms with Crippen molar-refractivity contribution in [2.24, 2.45) is 0 Å². The topological polar surface area (TPSA) is 65.6 Å². The van der Waals surface area contributed by atoms with Gasteiger partial charge in [-0.1, -0.05) is 23.7 Å². The van der Waals surface area contributed by atoms with Crippen LogP contribution in [0.1, 0.15) is 45.7 Å². The molecular weight excluding hydrogens is 547 g/mol. The smallest absolute Gasteiger partial charge is 0.410 e. The van der Waals surface area contributed by atoms with Crippen molar-refractivity contribution in [1.82, 2.24) is 19.6 Å². The van der Waals surface area contributed by atoms with Gasteiger partial charge in [0, 0.05) is 75.0 Å². The van der Waals surface area contributed by atoms with Crippen molar-refractivity contribution in [3.05, 3.63) is 64.4 Å². The maximum Gasteiger partial charge on any atom is 0.410 e. The van der Waals surface area contributed by atoms with Gasteiger partial charge in [0.25, 0.3) is 5.91 Å². The van der Waals surface area contributed by atoms with E-state index < -0.39 is 5.60 Å². The summed E-state index contributed by atoms with van der Waals surface area (Å²) < 4.78 is 24.9. The average molecular weight is 589 g/mol. The molecular formula is C31H42ClFN4O4. The van der Waals surface area contributed by atoms with Crippen molar-refractivity contribution in [3.8, 4) is 5.75 Å². The van der Waals surface area contributed by atoms with E-state index in [0.29, 0.717) is 56.6 Å². The fraction of sp³-hybridized carbons (Fsp3) is 0.548. The molecule has 0 aromatic heterocycles.